The lowest BCUT2D eigenvalue weighted by molar-refractivity contribution is -0.198. The fraction of sp³-hybridized carbons (Fsp3) is 0.950. The van der Waals surface area contributed by atoms with Crippen LogP contribution in [0.15, 0.2) is 0 Å². The Morgan fingerprint density at radius 1 is 1.04 bits per heavy atom. The van der Waals surface area contributed by atoms with Crippen molar-refractivity contribution < 1.29 is 14.3 Å². The van der Waals surface area contributed by atoms with Gasteiger partial charge in [0.1, 0.15) is 0 Å². The van der Waals surface area contributed by atoms with E-state index >= 15 is 0 Å². The van der Waals surface area contributed by atoms with Crippen LogP contribution in [0.2, 0.25) is 0 Å². The van der Waals surface area contributed by atoms with E-state index in [4.69, 9.17) is 9.47 Å². The van der Waals surface area contributed by atoms with Crippen LogP contribution in [0.3, 0.4) is 0 Å². The van der Waals surface area contributed by atoms with E-state index in [1.54, 1.807) is 0 Å². The number of carbonyl (C=O) groups excluding carboxylic acids is 1. The zero-order valence-corrected chi connectivity index (χ0v) is 15.3. The van der Waals surface area contributed by atoms with Gasteiger partial charge in [-0.3, -0.25) is 4.79 Å². The lowest BCUT2D eigenvalue weighted by atomic mass is 9.52. The van der Waals surface area contributed by atoms with Gasteiger partial charge in [0.2, 0.25) is 6.29 Å². The van der Waals surface area contributed by atoms with Crippen molar-refractivity contribution >= 4 is 5.97 Å². The SMILES string of the molecule is CCC(OCC1C2CC3CC(C2)CC1C3)OC(=O)C(C)(C)CC. The molecular weight excluding hydrogens is 288 g/mol. The Bertz CT molecular complexity index is 401. The van der Waals surface area contributed by atoms with E-state index in [2.05, 4.69) is 0 Å². The molecule has 0 N–H and O–H groups in total. The van der Waals surface area contributed by atoms with Gasteiger partial charge in [-0.15, -0.1) is 0 Å². The van der Waals surface area contributed by atoms with Crippen LogP contribution in [-0.4, -0.2) is 18.9 Å². The van der Waals surface area contributed by atoms with Gasteiger partial charge in [0.15, 0.2) is 0 Å². The minimum absolute atomic E-state index is 0.128. The minimum atomic E-state index is -0.417. The van der Waals surface area contributed by atoms with Crippen molar-refractivity contribution in [3.8, 4) is 0 Å². The van der Waals surface area contributed by atoms with Gasteiger partial charge in [-0.1, -0.05) is 13.8 Å². The normalized spacial score (nSPS) is 37.0. The molecule has 1 unspecified atom stereocenters. The Morgan fingerprint density at radius 2 is 1.61 bits per heavy atom. The molecule has 0 aromatic carbocycles. The first-order valence-corrected chi connectivity index (χ1v) is 9.75. The molecule has 0 aromatic rings. The van der Waals surface area contributed by atoms with E-state index in [9.17, 15) is 4.79 Å². The van der Waals surface area contributed by atoms with E-state index in [0.717, 1.165) is 43.1 Å². The quantitative estimate of drug-likeness (QED) is 0.499. The van der Waals surface area contributed by atoms with Gasteiger partial charge in [-0.25, -0.2) is 0 Å². The highest BCUT2D eigenvalue weighted by atomic mass is 16.7. The van der Waals surface area contributed by atoms with Crippen molar-refractivity contribution in [3.05, 3.63) is 0 Å². The smallest absolute Gasteiger partial charge is 0.313 e. The number of ether oxygens (including phenoxy) is 2. The van der Waals surface area contributed by atoms with E-state index in [1.165, 1.54) is 32.1 Å². The first kappa shape index (κ1) is 17.3. The summed E-state index contributed by atoms with van der Waals surface area (Å²) in [5.74, 6) is 4.31. The summed E-state index contributed by atoms with van der Waals surface area (Å²) < 4.78 is 11.7. The van der Waals surface area contributed by atoms with Crippen molar-refractivity contribution in [2.24, 2.45) is 35.0 Å². The molecular formula is C20H34O3. The van der Waals surface area contributed by atoms with Crippen LogP contribution in [0.1, 0.15) is 72.6 Å². The van der Waals surface area contributed by atoms with Crippen molar-refractivity contribution in [1.82, 2.24) is 0 Å². The predicted molar refractivity (Wildman–Crippen MR) is 90.7 cm³/mol. The van der Waals surface area contributed by atoms with E-state index in [-0.39, 0.29) is 12.3 Å². The Kier molecular flexibility index (Phi) is 5.06. The monoisotopic (exact) mass is 322 g/mol. The minimum Gasteiger partial charge on any atom is -0.435 e. The summed E-state index contributed by atoms with van der Waals surface area (Å²) in [6, 6.07) is 0. The van der Waals surface area contributed by atoms with E-state index < -0.39 is 5.41 Å². The molecule has 23 heavy (non-hydrogen) atoms. The molecule has 4 saturated carbocycles. The van der Waals surface area contributed by atoms with Gasteiger partial charge >= 0.3 is 5.97 Å². The molecule has 1 atom stereocenters. The second kappa shape index (κ2) is 6.74. The van der Waals surface area contributed by atoms with Crippen LogP contribution in [0.4, 0.5) is 0 Å². The number of rotatable bonds is 7. The maximum atomic E-state index is 12.3. The number of esters is 1. The average Bonchev–Trinajstić information content (AvgIpc) is 2.52. The summed E-state index contributed by atoms with van der Waals surface area (Å²) in [6.45, 7) is 8.73. The van der Waals surface area contributed by atoms with Crippen molar-refractivity contribution in [1.29, 1.82) is 0 Å². The first-order chi connectivity index (χ1) is 10.9. The van der Waals surface area contributed by atoms with Crippen LogP contribution >= 0.6 is 0 Å². The number of hydrogen-bond acceptors (Lipinski definition) is 3. The van der Waals surface area contributed by atoms with Crippen LogP contribution in [0, 0.1) is 35.0 Å². The van der Waals surface area contributed by atoms with Gasteiger partial charge in [0.25, 0.3) is 0 Å². The molecule has 4 aliphatic rings. The summed E-state index contributed by atoms with van der Waals surface area (Å²) in [7, 11) is 0. The van der Waals surface area contributed by atoms with Gasteiger partial charge in [-0.05, 0) is 82.0 Å². The van der Waals surface area contributed by atoms with Gasteiger partial charge in [0, 0.05) is 6.42 Å². The molecule has 0 aliphatic heterocycles. The lowest BCUT2D eigenvalue weighted by Crippen LogP contribution is -2.47. The summed E-state index contributed by atoms with van der Waals surface area (Å²) >= 11 is 0. The molecule has 4 bridgehead atoms. The summed E-state index contributed by atoms with van der Waals surface area (Å²) in [6.07, 6.45) is 8.31. The van der Waals surface area contributed by atoms with Crippen LogP contribution in [0.25, 0.3) is 0 Å². The number of carbonyl (C=O) groups is 1. The van der Waals surface area contributed by atoms with Crippen LogP contribution in [0.5, 0.6) is 0 Å². The topological polar surface area (TPSA) is 35.5 Å². The maximum Gasteiger partial charge on any atom is 0.313 e. The van der Waals surface area contributed by atoms with Gasteiger partial charge < -0.3 is 9.47 Å². The lowest BCUT2D eigenvalue weighted by Gasteiger charge is -2.54. The second-order valence-corrected chi connectivity index (χ2v) is 8.91. The van der Waals surface area contributed by atoms with Crippen molar-refractivity contribution in [2.45, 2.75) is 78.9 Å². The largest absolute Gasteiger partial charge is 0.435 e. The van der Waals surface area contributed by atoms with E-state index in [0.29, 0.717) is 5.92 Å². The number of hydrogen-bond donors (Lipinski definition) is 0. The van der Waals surface area contributed by atoms with Gasteiger partial charge in [0.05, 0.1) is 12.0 Å². The third-order valence-electron chi connectivity index (χ3n) is 6.90. The molecule has 3 heteroatoms. The Labute approximate surface area is 141 Å². The van der Waals surface area contributed by atoms with E-state index in [1.807, 2.05) is 27.7 Å². The predicted octanol–water partition coefficient (Wildman–Crippen LogP) is 4.79. The third kappa shape index (κ3) is 3.60. The Hall–Kier alpha value is -0.570. The summed E-state index contributed by atoms with van der Waals surface area (Å²) in [5, 5.41) is 0. The molecule has 4 rings (SSSR count). The molecule has 0 spiro atoms. The highest BCUT2D eigenvalue weighted by Gasteiger charge is 2.48. The van der Waals surface area contributed by atoms with Crippen molar-refractivity contribution in [2.75, 3.05) is 6.61 Å². The Morgan fingerprint density at radius 3 is 2.09 bits per heavy atom. The Balaban J connectivity index is 1.51. The summed E-state index contributed by atoms with van der Waals surface area (Å²) in [5.41, 5.74) is -0.417. The second-order valence-electron chi connectivity index (χ2n) is 8.91. The molecule has 3 nitrogen and oxygen atoms in total. The fourth-order valence-electron chi connectivity index (χ4n) is 5.19. The standard InChI is InChI=1S/C20H34O3/c1-5-18(23-19(21)20(3,4)6-2)22-12-17-15-8-13-7-14(10-15)11-16(17)9-13/h13-18H,5-12H2,1-4H3. The molecule has 0 heterocycles. The molecule has 132 valence electrons. The van der Waals surface area contributed by atoms with Gasteiger partial charge in [-0.2, -0.15) is 0 Å². The molecule has 0 aromatic heterocycles. The zero-order valence-electron chi connectivity index (χ0n) is 15.3. The molecule has 4 aliphatic carbocycles. The molecule has 0 amide bonds. The summed E-state index contributed by atoms with van der Waals surface area (Å²) in [4.78, 5) is 12.3. The zero-order chi connectivity index (χ0) is 16.6. The first-order valence-electron chi connectivity index (χ1n) is 9.75. The van der Waals surface area contributed by atoms with Crippen molar-refractivity contribution in [3.63, 3.8) is 0 Å². The van der Waals surface area contributed by atoms with Crippen LogP contribution < -0.4 is 0 Å². The third-order valence-corrected chi connectivity index (χ3v) is 6.90. The molecule has 4 fully saturated rings. The molecule has 0 saturated heterocycles. The average molecular weight is 322 g/mol. The highest BCUT2D eigenvalue weighted by Crippen LogP contribution is 2.56. The molecule has 0 radical (unpaired) electrons. The maximum absolute atomic E-state index is 12.3. The highest BCUT2D eigenvalue weighted by molar-refractivity contribution is 5.75. The fourth-order valence-corrected chi connectivity index (χ4v) is 5.19. The van der Waals surface area contributed by atoms with Crippen LogP contribution in [-0.2, 0) is 14.3 Å².